The van der Waals surface area contributed by atoms with E-state index in [2.05, 4.69) is 34.5 Å². The number of hydrogen-bond donors (Lipinski definition) is 2. The van der Waals surface area contributed by atoms with Crippen LogP contribution in [0.15, 0.2) is 0 Å². The molecule has 1 atom stereocenters. The first-order valence-electron chi connectivity index (χ1n) is 5.46. The summed E-state index contributed by atoms with van der Waals surface area (Å²) >= 11 is 0. The molecule has 0 bridgehead atoms. The second-order valence-corrected chi connectivity index (χ2v) is 4.17. The summed E-state index contributed by atoms with van der Waals surface area (Å²) in [6, 6.07) is -0.0105. The van der Waals surface area contributed by atoms with Crippen LogP contribution in [0.4, 0.5) is 0 Å². The Morgan fingerprint density at radius 1 is 1.60 bits per heavy atom. The van der Waals surface area contributed by atoms with E-state index in [4.69, 9.17) is 0 Å². The van der Waals surface area contributed by atoms with E-state index in [9.17, 15) is 4.79 Å². The minimum absolute atomic E-state index is 0.0105. The fourth-order valence-corrected chi connectivity index (χ4v) is 1.77. The molecule has 0 saturated carbocycles. The standard InChI is InChI=1S/C10H22N4O/c1-11-10(15)9-8-12-4-5-14(9)7-6-13(2)3/h9,12H,4-8H2,1-3H3,(H,11,15). The number of amides is 1. The van der Waals surface area contributed by atoms with Crippen LogP contribution in [0.2, 0.25) is 0 Å². The second-order valence-electron chi connectivity index (χ2n) is 4.17. The van der Waals surface area contributed by atoms with Crippen LogP contribution in [0.1, 0.15) is 0 Å². The third-order valence-electron chi connectivity index (χ3n) is 2.74. The molecule has 0 radical (unpaired) electrons. The zero-order valence-electron chi connectivity index (χ0n) is 9.92. The van der Waals surface area contributed by atoms with Crippen molar-refractivity contribution in [1.82, 2.24) is 20.4 Å². The third kappa shape index (κ3) is 3.77. The molecule has 0 spiro atoms. The van der Waals surface area contributed by atoms with Crippen molar-refractivity contribution in [3.05, 3.63) is 0 Å². The van der Waals surface area contributed by atoms with Crippen molar-refractivity contribution in [3.63, 3.8) is 0 Å². The predicted molar refractivity (Wildman–Crippen MR) is 60.9 cm³/mol. The summed E-state index contributed by atoms with van der Waals surface area (Å²) in [6.07, 6.45) is 0. The largest absolute Gasteiger partial charge is 0.358 e. The molecular formula is C10H22N4O. The van der Waals surface area contributed by atoms with Crippen molar-refractivity contribution in [3.8, 4) is 0 Å². The minimum Gasteiger partial charge on any atom is -0.358 e. The van der Waals surface area contributed by atoms with Gasteiger partial charge in [0.1, 0.15) is 6.04 Å². The first-order valence-corrected chi connectivity index (χ1v) is 5.46. The van der Waals surface area contributed by atoms with Gasteiger partial charge in [0, 0.05) is 39.8 Å². The van der Waals surface area contributed by atoms with E-state index in [1.54, 1.807) is 7.05 Å². The number of rotatable bonds is 4. The van der Waals surface area contributed by atoms with Crippen LogP contribution in [0.5, 0.6) is 0 Å². The lowest BCUT2D eigenvalue weighted by Crippen LogP contribution is -2.58. The van der Waals surface area contributed by atoms with Crippen molar-refractivity contribution in [2.75, 3.05) is 53.9 Å². The van der Waals surface area contributed by atoms with Gasteiger partial charge in [0.2, 0.25) is 5.91 Å². The Morgan fingerprint density at radius 2 is 2.33 bits per heavy atom. The predicted octanol–water partition coefficient (Wildman–Crippen LogP) is -1.43. The number of carbonyl (C=O) groups is 1. The molecule has 2 N–H and O–H groups in total. The van der Waals surface area contributed by atoms with Gasteiger partial charge in [-0.15, -0.1) is 0 Å². The first-order chi connectivity index (χ1) is 7.15. The Bertz CT molecular complexity index is 208. The summed E-state index contributed by atoms with van der Waals surface area (Å²) in [5.41, 5.74) is 0. The number of nitrogens with one attached hydrogen (secondary N) is 2. The van der Waals surface area contributed by atoms with Gasteiger partial charge in [-0.05, 0) is 14.1 Å². The van der Waals surface area contributed by atoms with Gasteiger partial charge in [-0.25, -0.2) is 0 Å². The molecule has 1 rings (SSSR count). The highest BCUT2D eigenvalue weighted by atomic mass is 16.2. The van der Waals surface area contributed by atoms with E-state index >= 15 is 0 Å². The van der Waals surface area contributed by atoms with Crippen LogP contribution < -0.4 is 10.6 Å². The molecule has 1 aliphatic heterocycles. The molecule has 1 amide bonds. The molecular weight excluding hydrogens is 192 g/mol. The van der Waals surface area contributed by atoms with Crippen LogP contribution in [0.3, 0.4) is 0 Å². The zero-order valence-corrected chi connectivity index (χ0v) is 9.92. The number of carbonyl (C=O) groups excluding carboxylic acids is 1. The SMILES string of the molecule is CNC(=O)C1CNCCN1CCN(C)C. The number of piperazine rings is 1. The van der Waals surface area contributed by atoms with Crippen LogP contribution in [0.25, 0.3) is 0 Å². The topological polar surface area (TPSA) is 47.6 Å². The highest BCUT2D eigenvalue weighted by Gasteiger charge is 2.27. The minimum atomic E-state index is -0.0105. The number of nitrogens with zero attached hydrogens (tertiary/aromatic N) is 2. The van der Waals surface area contributed by atoms with Crippen molar-refractivity contribution in [2.24, 2.45) is 0 Å². The maximum absolute atomic E-state index is 11.6. The summed E-state index contributed by atoms with van der Waals surface area (Å²) in [5, 5.41) is 5.97. The highest BCUT2D eigenvalue weighted by molar-refractivity contribution is 5.81. The lowest BCUT2D eigenvalue weighted by Gasteiger charge is -2.35. The summed E-state index contributed by atoms with van der Waals surface area (Å²) in [7, 11) is 5.80. The molecule has 15 heavy (non-hydrogen) atoms. The summed E-state index contributed by atoms with van der Waals surface area (Å²) in [6.45, 7) is 4.63. The van der Waals surface area contributed by atoms with Gasteiger partial charge in [0.15, 0.2) is 0 Å². The van der Waals surface area contributed by atoms with Gasteiger partial charge in [0.25, 0.3) is 0 Å². The second kappa shape index (κ2) is 6.05. The van der Waals surface area contributed by atoms with Gasteiger partial charge >= 0.3 is 0 Å². The number of likely N-dealkylation sites (N-methyl/N-ethyl adjacent to an activating group) is 2. The Kier molecular flexibility index (Phi) is 5.01. The molecule has 1 aliphatic rings. The van der Waals surface area contributed by atoms with E-state index in [0.717, 1.165) is 32.7 Å². The van der Waals surface area contributed by atoms with Crippen molar-refractivity contribution >= 4 is 5.91 Å². The number of hydrogen-bond acceptors (Lipinski definition) is 4. The smallest absolute Gasteiger partial charge is 0.238 e. The summed E-state index contributed by atoms with van der Waals surface area (Å²) < 4.78 is 0. The van der Waals surface area contributed by atoms with E-state index in [-0.39, 0.29) is 11.9 Å². The maximum atomic E-state index is 11.6. The highest BCUT2D eigenvalue weighted by Crippen LogP contribution is 2.03. The third-order valence-corrected chi connectivity index (χ3v) is 2.74. The van der Waals surface area contributed by atoms with Gasteiger partial charge in [0.05, 0.1) is 0 Å². The summed E-state index contributed by atoms with van der Waals surface area (Å²) in [4.78, 5) is 16.0. The van der Waals surface area contributed by atoms with Crippen molar-refractivity contribution in [2.45, 2.75) is 6.04 Å². The van der Waals surface area contributed by atoms with E-state index < -0.39 is 0 Å². The molecule has 0 aliphatic carbocycles. The average molecular weight is 214 g/mol. The van der Waals surface area contributed by atoms with Crippen LogP contribution in [0, 0.1) is 0 Å². The van der Waals surface area contributed by atoms with Crippen molar-refractivity contribution < 1.29 is 4.79 Å². The normalized spacial score (nSPS) is 23.1. The Balaban J connectivity index is 2.46. The van der Waals surface area contributed by atoms with Gasteiger partial charge in [-0.2, -0.15) is 0 Å². The molecule has 0 aromatic carbocycles. The molecule has 5 heteroatoms. The van der Waals surface area contributed by atoms with Crippen LogP contribution >= 0.6 is 0 Å². The molecule has 5 nitrogen and oxygen atoms in total. The van der Waals surface area contributed by atoms with Gasteiger partial charge in [-0.1, -0.05) is 0 Å². The Hall–Kier alpha value is -0.650. The molecule has 1 saturated heterocycles. The lowest BCUT2D eigenvalue weighted by atomic mass is 10.2. The molecule has 0 aromatic heterocycles. The van der Waals surface area contributed by atoms with Gasteiger partial charge in [-0.3, -0.25) is 9.69 Å². The van der Waals surface area contributed by atoms with E-state index in [1.807, 2.05) is 0 Å². The monoisotopic (exact) mass is 214 g/mol. The fourth-order valence-electron chi connectivity index (χ4n) is 1.77. The average Bonchev–Trinajstić information content (AvgIpc) is 2.25. The molecule has 1 fully saturated rings. The first kappa shape index (κ1) is 12.4. The van der Waals surface area contributed by atoms with Gasteiger partial charge < -0.3 is 15.5 Å². The molecule has 1 heterocycles. The van der Waals surface area contributed by atoms with E-state index in [1.165, 1.54) is 0 Å². The molecule has 0 aromatic rings. The molecule has 88 valence electrons. The fraction of sp³-hybridized carbons (Fsp3) is 0.900. The van der Waals surface area contributed by atoms with Crippen LogP contribution in [-0.4, -0.2) is 75.6 Å². The zero-order chi connectivity index (χ0) is 11.3. The Labute approximate surface area is 91.8 Å². The lowest BCUT2D eigenvalue weighted by molar-refractivity contribution is -0.126. The maximum Gasteiger partial charge on any atom is 0.238 e. The Morgan fingerprint density at radius 3 is 2.93 bits per heavy atom. The molecule has 1 unspecified atom stereocenters. The van der Waals surface area contributed by atoms with E-state index in [0.29, 0.717) is 0 Å². The summed E-state index contributed by atoms with van der Waals surface area (Å²) in [5.74, 6) is 0.112. The van der Waals surface area contributed by atoms with Crippen molar-refractivity contribution in [1.29, 1.82) is 0 Å². The van der Waals surface area contributed by atoms with Crippen LogP contribution in [-0.2, 0) is 4.79 Å². The quantitative estimate of drug-likeness (QED) is 0.602.